The van der Waals surface area contributed by atoms with E-state index < -0.39 is 17.5 Å². The molecule has 5 heterocycles. The summed E-state index contributed by atoms with van der Waals surface area (Å²) in [7, 11) is 7.11. The van der Waals surface area contributed by atoms with Crippen LogP contribution in [0, 0.1) is 24.5 Å². The summed E-state index contributed by atoms with van der Waals surface area (Å²) in [5.74, 6) is -2.92. The van der Waals surface area contributed by atoms with E-state index in [1.807, 2.05) is 4.90 Å². The lowest BCUT2D eigenvalue weighted by molar-refractivity contribution is -0.878. The Kier molecular flexibility index (Phi) is 11.7. The number of halogens is 3. The number of anilines is 1. The molecule has 2 aromatic carbocycles. The van der Waals surface area contributed by atoms with Gasteiger partial charge >= 0.3 is 0 Å². The minimum absolute atomic E-state index is 0.0172. The second-order valence-electron chi connectivity index (χ2n) is 14.3. The number of aromatic nitrogens is 6. The van der Waals surface area contributed by atoms with Crippen LogP contribution in [0.1, 0.15) is 33.1 Å². The van der Waals surface area contributed by atoms with Gasteiger partial charge in [-0.3, -0.25) is 24.3 Å². The largest absolute Gasteiger partial charge is 0.471 e. The van der Waals surface area contributed by atoms with Gasteiger partial charge in [0.2, 0.25) is 5.91 Å². The Morgan fingerprint density at radius 3 is 2.32 bits per heavy atom. The smallest absolute Gasteiger partial charge is 0.292 e. The Balaban J connectivity index is 0.00000127. The third-order valence-electron chi connectivity index (χ3n) is 10.1. The number of likely N-dealkylation sites (tertiary alicyclic amines) is 1. The number of carbonyl (C=O) groups excluding carboxylic acids is 4. The molecule has 0 saturated carbocycles. The van der Waals surface area contributed by atoms with Gasteiger partial charge in [-0.1, -0.05) is 17.7 Å². The molecule has 0 radical (unpaired) electrons. The molecule has 1 atom stereocenters. The van der Waals surface area contributed by atoms with Crippen LogP contribution in [0.2, 0.25) is 5.02 Å². The van der Waals surface area contributed by atoms with E-state index in [0.717, 1.165) is 24.0 Å². The van der Waals surface area contributed by atoms with Gasteiger partial charge in [-0.2, -0.15) is 10.2 Å². The lowest BCUT2D eigenvalue weighted by Gasteiger charge is -2.36. The topological polar surface area (TPSA) is 160 Å². The van der Waals surface area contributed by atoms with Crippen molar-refractivity contribution in [3.63, 3.8) is 0 Å². The van der Waals surface area contributed by atoms with Crippen molar-refractivity contribution in [3.05, 3.63) is 88.9 Å². The van der Waals surface area contributed by atoms with E-state index in [0.29, 0.717) is 55.3 Å². The number of H-pyrrole nitrogens is 1. The number of hydrogen-bond donors (Lipinski definition) is 2. The van der Waals surface area contributed by atoms with Crippen LogP contribution < -0.4 is 5.32 Å². The zero-order valence-electron chi connectivity index (χ0n) is 31.6. The van der Waals surface area contributed by atoms with Crippen molar-refractivity contribution in [3.8, 4) is 28.1 Å². The molecule has 0 aliphatic carbocycles. The zero-order valence-corrected chi connectivity index (χ0v) is 32.3. The summed E-state index contributed by atoms with van der Waals surface area (Å²) in [6.45, 7) is 5.60. The molecule has 2 saturated heterocycles. The normalized spacial score (nSPS) is 16.2. The van der Waals surface area contributed by atoms with Crippen LogP contribution >= 0.6 is 11.6 Å². The first-order chi connectivity index (χ1) is 26.7. The second-order valence-corrected chi connectivity index (χ2v) is 14.7. The number of rotatable bonds is 8. The summed E-state index contributed by atoms with van der Waals surface area (Å²) >= 11 is 6.53. The molecular formula is C38H42ClF2N10O5+. The van der Waals surface area contributed by atoms with Crippen LogP contribution in [0.3, 0.4) is 0 Å². The number of carbonyl (C=O) groups is 4. The number of aryl methyl sites for hydroxylation is 1. The van der Waals surface area contributed by atoms with Crippen molar-refractivity contribution in [2.45, 2.75) is 13.3 Å². The fourth-order valence-corrected chi connectivity index (χ4v) is 7.31. The minimum atomic E-state index is -1.10. The number of ether oxygens (including phenoxy) is 1. The van der Waals surface area contributed by atoms with Gasteiger partial charge in [0.1, 0.15) is 5.69 Å². The van der Waals surface area contributed by atoms with Crippen molar-refractivity contribution in [2.24, 2.45) is 13.0 Å². The lowest BCUT2D eigenvalue weighted by Crippen LogP contribution is -2.52. The van der Waals surface area contributed by atoms with Crippen molar-refractivity contribution in [1.29, 1.82) is 0 Å². The molecule has 2 aliphatic rings. The van der Waals surface area contributed by atoms with Crippen LogP contribution in [0.15, 0.2) is 55.1 Å². The molecule has 0 spiro atoms. The maximum atomic E-state index is 15.6. The summed E-state index contributed by atoms with van der Waals surface area (Å²) in [4.78, 5) is 56.4. The molecule has 1 unspecified atom stereocenters. The molecular weight excluding hydrogens is 750 g/mol. The number of nitrogens with zero attached hydrogens (tertiary/aromatic N) is 8. The number of nitrogens with one attached hydrogen (secondary N) is 2. The maximum Gasteiger partial charge on any atom is 0.292 e. The van der Waals surface area contributed by atoms with Crippen LogP contribution in [0.5, 0.6) is 0 Å². The van der Waals surface area contributed by atoms with Gasteiger partial charge in [0.15, 0.2) is 17.5 Å². The Morgan fingerprint density at radius 2 is 1.70 bits per heavy atom. The van der Waals surface area contributed by atoms with Gasteiger partial charge in [-0.15, -0.1) is 0 Å². The van der Waals surface area contributed by atoms with Crippen LogP contribution in [-0.2, 0) is 21.4 Å². The van der Waals surface area contributed by atoms with Crippen LogP contribution in [-0.4, -0.2) is 128 Å². The fourth-order valence-electron chi connectivity index (χ4n) is 7.05. The van der Waals surface area contributed by atoms with E-state index >= 15 is 8.78 Å². The van der Waals surface area contributed by atoms with E-state index in [2.05, 4.69) is 44.4 Å². The fraction of sp³-hybridized carbons (Fsp3) is 0.342. The number of piperazine rings is 1. The average Bonchev–Trinajstić information content (AvgIpc) is 4.00. The number of benzene rings is 2. The standard InChI is InChI=1S/C36H37ClF2N10O3.C2H4O2/c1-21-28(19-48(44-21)24-16-41-42-17-24)25-7-8-27(32(39)31(25)38)30-18-40-33(45(30)2)34(50)43-23-5-6-26(29(37)15-23)36(52)47-12-10-46(11-13-47)35(51)22-9-14-49(3,4)20-22;1-4-2-3/h5-8,15-19,22H,9-14,20H2,1-4H3,(H-,41,42,43,50,52);2H,1H3/p+1. The Hall–Kier alpha value is -5.94. The molecule has 0 bridgehead atoms. The molecule has 5 aromatic rings. The molecule has 294 valence electrons. The first kappa shape index (κ1) is 39.7. The summed E-state index contributed by atoms with van der Waals surface area (Å²) in [5.41, 5.74) is 2.29. The third-order valence-corrected chi connectivity index (χ3v) is 10.4. The Bertz CT molecular complexity index is 2260. The highest BCUT2D eigenvalue weighted by molar-refractivity contribution is 6.34. The predicted octanol–water partition coefficient (Wildman–Crippen LogP) is 4.33. The maximum absolute atomic E-state index is 15.6. The van der Waals surface area contributed by atoms with Crippen molar-refractivity contribution >= 4 is 41.5 Å². The lowest BCUT2D eigenvalue weighted by atomic mass is 10.0. The minimum Gasteiger partial charge on any atom is -0.471 e. The number of imidazole rings is 1. The highest BCUT2D eigenvalue weighted by atomic mass is 35.5. The van der Waals surface area contributed by atoms with Gasteiger partial charge in [0, 0.05) is 74.4 Å². The van der Waals surface area contributed by atoms with Gasteiger partial charge in [-0.25, -0.2) is 18.4 Å². The van der Waals surface area contributed by atoms with Gasteiger partial charge < -0.3 is 28.9 Å². The second kappa shape index (κ2) is 16.4. The van der Waals surface area contributed by atoms with E-state index in [-0.39, 0.29) is 51.0 Å². The highest BCUT2D eigenvalue weighted by Gasteiger charge is 2.38. The van der Waals surface area contributed by atoms with Crippen molar-refractivity contribution < 1.29 is 37.2 Å². The molecule has 56 heavy (non-hydrogen) atoms. The molecule has 2 N–H and O–H groups in total. The summed E-state index contributed by atoms with van der Waals surface area (Å²) in [5, 5.41) is 13.8. The van der Waals surface area contributed by atoms with Crippen molar-refractivity contribution in [2.75, 3.05) is 65.8 Å². The Labute approximate surface area is 326 Å². The molecule has 18 heteroatoms. The number of aromatic amines is 1. The first-order valence-electron chi connectivity index (χ1n) is 17.8. The molecule has 15 nitrogen and oxygen atoms in total. The van der Waals surface area contributed by atoms with Crippen molar-refractivity contribution in [1.82, 2.24) is 39.3 Å². The molecule has 7 rings (SSSR count). The van der Waals surface area contributed by atoms with E-state index in [4.69, 9.17) is 16.4 Å². The van der Waals surface area contributed by atoms with E-state index in [1.165, 1.54) is 47.8 Å². The number of hydrogen-bond acceptors (Lipinski definition) is 8. The number of amides is 3. The molecule has 3 aromatic heterocycles. The van der Waals surface area contributed by atoms with Gasteiger partial charge in [0.25, 0.3) is 18.3 Å². The van der Waals surface area contributed by atoms with E-state index in [9.17, 15) is 14.4 Å². The summed E-state index contributed by atoms with van der Waals surface area (Å²) in [6, 6.07) is 7.47. The molecule has 2 fully saturated rings. The third kappa shape index (κ3) is 8.18. The van der Waals surface area contributed by atoms with Gasteiger partial charge in [-0.05, 0) is 31.2 Å². The molecule has 2 aliphatic heterocycles. The Morgan fingerprint density at radius 1 is 1.02 bits per heavy atom. The van der Waals surface area contributed by atoms with Gasteiger partial charge in [0.05, 0.1) is 74.6 Å². The first-order valence-corrected chi connectivity index (χ1v) is 18.1. The summed E-state index contributed by atoms with van der Waals surface area (Å²) < 4.78 is 38.7. The van der Waals surface area contributed by atoms with Crippen LogP contribution in [0.4, 0.5) is 14.5 Å². The monoisotopic (exact) mass is 791 g/mol. The molecule has 3 amide bonds. The van der Waals surface area contributed by atoms with Crippen LogP contribution in [0.25, 0.3) is 28.1 Å². The number of methoxy groups -OCH3 is 1. The summed E-state index contributed by atoms with van der Waals surface area (Å²) in [6.07, 6.45) is 6.96. The zero-order chi connectivity index (χ0) is 40.3. The SMILES string of the molecule is COC=O.Cc1nn(-c2cn[nH]c2)cc1-c1ccc(-c2cnc(C(=O)Nc3ccc(C(=O)N4CCN(C(=O)C5CC[N+](C)(C)C5)CC4)c(Cl)c3)n2C)c(F)c1F. The number of quaternary nitrogens is 1. The average molecular weight is 792 g/mol. The van der Waals surface area contributed by atoms with E-state index in [1.54, 1.807) is 42.5 Å². The quantitative estimate of drug-likeness (QED) is 0.174. The predicted molar refractivity (Wildman–Crippen MR) is 203 cm³/mol. The highest BCUT2D eigenvalue weighted by Crippen LogP contribution is 2.34.